The molecule has 0 aromatic rings. The van der Waals surface area contributed by atoms with E-state index in [2.05, 4.69) is 6.92 Å². The topological polar surface area (TPSA) is 46.5 Å². The Morgan fingerprint density at radius 2 is 1.78 bits per heavy atom. The van der Waals surface area contributed by atoms with Crippen LogP contribution in [0.3, 0.4) is 0 Å². The molecule has 0 amide bonds. The summed E-state index contributed by atoms with van der Waals surface area (Å²) in [6.45, 7) is 3.94. The molecule has 1 N–H and O–H groups in total. The van der Waals surface area contributed by atoms with Crippen LogP contribution in [-0.2, 0) is 9.53 Å². The van der Waals surface area contributed by atoms with Crippen molar-refractivity contribution in [3.05, 3.63) is 11.6 Å². The normalized spacial score (nSPS) is 25.7. The van der Waals surface area contributed by atoms with Crippen molar-refractivity contribution in [1.29, 1.82) is 0 Å². The summed E-state index contributed by atoms with van der Waals surface area (Å²) in [4.78, 5) is 11.4. The number of rotatable bonds is 8. The molecule has 0 aromatic heterocycles. The second-order valence-electron chi connectivity index (χ2n) is 5.12. The van der Waals surface area contributed by atoms with Gasteiger partial charge in [0.2, 0.25) is 0 Å². The minimum atomic E-state index is -0.734. The second-order valence-corrected chi connectivity index (χ2v) is 5.12. The fourth-order valence-corrected chi connectivity index (χ4v) is 2.24. The number of carbonyl (C=O) groups is 1. The van der Waals surface area contributed by atoms with Gasteiger partial charge < -0.3 is 9.84 Å². The van der Waals surface area contributed by atoms with Crippen LogP contribution in [0, 0.1) is 0 Å². The molecule has 1 aliphatic heterocycles. The second kappa shape index (κ2) is 8.30. The third kappa shape index (κ3) is 4.81. The Balaban J connectivity index is 2.11. The first-order chi connectivity index (χ1) is 8.66. The molecule has 1 fully saturated rings. The quantitative estimate of drug-likeness (QED) is 0.410. The molecular formula is C15H26O3. The molecule has 1 aliphatic rings. The molecule has 2 atom stereocenters. The molecule has 104 valence electrons. The Morgan fingerprint density at radius 3 is 2.33 bits per heavy atom. The average molecular weight is 254 g/mol. The molecule has 18 heavy (non-hydrogen) atoms. The minimum Gasteiger partial charge on any atom is -0.456 e. The van der Waals surface area contributed by atoms with Gasteiger partial charge >= 0.3 is 5.97 Å². The predicted molar refractivity (Wildman–Crippen MR) is 72.3 cm³/mol. The highest BCUT2D eigenvalue weighted by molar-refractivity contribution is 5.92. The van der Waals surface area contributed by atoms with Crippen LogP contribution in [0.1, 0.15) is 65.2 Å². The molecule has 0 saturated carbocycles. The number of hydrogen-bond acceptors (Lipinski definition) is 3. The standard InChI is InChI=1S/C15H26O3/c1-3-4-5-6-7-8-9-10-11-13-14(16)12(2)18-15(13)17/h11-12,14,16H,3-10H2,1-2H3. The Morgan fingerprint density at radius 1 is 1.17 bits per heavy atom. The first-order valence-corrected chi connectivity index (χ1v) is 7.26. The SMILES string of the molecule is CCCCCCCCCC=C1C(=O)OC(C)C1O. The van der Waals surface area contributed by atoms with Crippen LogP contribution < -0.4 is 0 Å². The summed E-state index contributed by atoms with van der Waals surface area (Å²) in [5.74, 6) is -0.349. The van der Waals surface area contributed by atoms with E-state index in [-0.39, 0.29) is 5.97 Å². The van der Waals surface area contributed by atoms with E-state index in [1.54, 1.807) is 6.92 Å². The van der Waals surface area contributed by atoms with Gasteiger partial charge in [0.05, 0.1) is 5.57 Å². The highest BCUT2D eigenvalue weighted by Gasteiger charge is 2.34. The Kier molecular flexibility index (Phi) is 7.02. The molecule has 1 heterocycles. The van der Waals surface area contributed by atoms with Gasteiger partial charge in [0.15, 0.2) is 0 Å². The molecule has 0 radical (unpaired) electrons. The van der Waals surface area contributed by atoms with Gasteiger partial charge in [-0.15, -0.1) is 0 Å². The van der Waals surface area contributed by atoms with E-state index in [0.29, 0.717) is 5.57 Å². The highest BCUT2D eigenvalue weighted by Crippen LogP contribution is 2.21. The van der Waals surface area contributed by atoms with E-state index in [4.69, 9.17) is 4.74 Å². The van der Waals surface area contributed by atoms with Crippen LogP contribution in [0.2, 0.25) is 0 Å². The third-order valence-electron chi connectivity index (χ3n) is 3.46. The first-order valence-electron chi connectivity index (χ1n) is 7.26. The number of aliphatic hydroxyl groups is 1. The van der Waals surface area contributed by atoms with E-state index in [0.717, 1.165) is 12.8 Å². The maximum Gasteiger partial charge on any atom is 0.336 e. The van der Waals surface area contributed by atoms with Gasteiger partial charge in [-0.1, -0.05) is 51.5 Å². The highest BCUT2D eigenvalue weighted by atomic mass is 16.6. The number of esters is 1. The van der Waals surface area contributed by atoms with Crippen molar-refractivity contribution in [1.82, 2.24) is 0 Å². The van der Waals surface area contributed by atoms with Gasteiger partial charge in [0, 0.05) is 0 Å². The average Bonchev–Trinajstić information content (AvgIpc) is 2.58. The number of carbonyl (C=O) groups excluding carboxylic acids is 1. The fraction of sp³-hybridized carbons (Fsp3) is 0.800. The number of allylic oxidation sites excluding steroid dienone is 1. The fourth-order valence-electron chi connectivity index (χ4n) is 2.24. The van der Waals surface area contributed by atoms with Crippen molar-refractivity contribution >= 4 is 5.97 Å². The van der Waals surface area contributed by atoms with Crippen molar-refractivity contribution < 1.29 is 14.6 Å². The number of unbranched alkanes of at least 4 members (excludes halogenated alkanes) is 7. The van der Waals surface area contributed by atoms with E-state index in [1.807, 2.05) is 6.08 Å². The summed E-state index contributed by atoms with van der Waals surface area (Å²) in [5.41, 5.74) is 0.452. The van der Waals surface area contributed by atoms with Gasteiger partial charge in [-0.25, -0.2) is 4.79 Å². The van der Waals surface area contributed by atoms with Gasteiger partial charge in [-0.2, -0.15) is 0 Å². The van der Waals surface area contributed by atoms with Crippen LogP contribution in [-0.4, -0.2) is 23.3 Å². The molecule has 1 saturated heterocycles. The molecule has 1 rings (SSSR count). The van der Waals surface area contributed by atoms with Crippen LogP contribution >= 0.6 is 0 Å². The maximum atomic E-state index is 11.4. The number of ether oxygens (including phenoxy) is 1. The summed E-state index contributed by atoms with van der Waals surface area (Å²) >= 11 is 0. The lowest BCUT2D eigenvalue weighted by molar-refractivity contribution is -0.138. The van der Waals surface area contributed by atoms with E-state index in [9.17, 15) is 9.90 Å². The molecule has 3 nitrogen and oxygen atoms in total. The molecule has 0 aromatic carbocycles. The largest absolute Gasteiger partial charge is 0.456 e. The van der Waals surface area contributed by atoms with E-state index < -0.39 is 12.2 Å². The predicted octanol–water partition coefficient (Wildman–Crippen LogP) is 3.36. The summed E-state index contributed by atoms with van der Waals surface area (Å²) in [7, 11) is 0. The minimum absolute atomic E-state index is 0.349. The van der Waals surface area contributed by atoms with Crippen LogP contribution in [0.25, 0.3) is 0 Å². The summed E-state index contributed by atoms with van der Waals surface area (Å²) in [6.07, 6.45) is 10.4. The third-order valence-corrected chi connectivity index (χ3v) is 3.46. The van der Waals surface area contributed by atoms with Crippen LogP contribution in [0.15, 0.2) is 11.6 Å². The van der Waals surface area contributed by atoms with E-state index >= 15 is 0 Å². The lowest BCUT2D eigenvalue weighted by Gasteiger charge is -2.04. The Labute approximate surface area is 110 Å². The summed E-state index contributed by atoms with van der Waals surface area (Å²) in [6, 6.07) is 0. The monoisotopic (exact) mass is 254 g/mol. The van der Waals surface area contributed by atoms with Crippen LogP contribution in [0.4, 0.5) is 0 Å². The first kappa shape index (κ1) is 15.2. The van der Waals surface area contributed by atoms with E-state index in [1.165, 1.54) is 38.5 Å². The van der Waals surface area contributed by atoms with Crippen molar-refractivity contribution in [2.75, 3.05) is 0 Å². The lowest BCUT2D eigenvalue weighted by Crippen LogP contribution is -2.17. The van der Waals surface area contributed by atoms with Crippen molar-refractivity contribution in [2.45, 2.75) is 77.4 Å². The molecule has 3 heteroatoms. The Hall–Kier alpha value is -0.830. The number of hydrogen-bond donors (Lipinski definition) is 1. The maximum absolute atomic E-state index is 11.4. The lowest BCUT2D eigenvalue weighted by atomic mass is 10.0. The van der Waals surface area contributed by atoms with Crippen molar-refractivity contribution in [3.8, 4) is 0 Å². The van der Waals surface area contributed by atoms with Crippen LogP contribution in [0.5, 0.6) is 0 Å². The molecule has 0 aliphatic carbocycles. The van der Waals surface area contributed by atoms with Gasteiger partial charge in [-0.3, -0.25) is 0 Å². The molecular weight excluding hydrogens is 228 g/mol. The van der Waals surface area contributed by atoms with Crippen molar-refractivity contribution in [3.63, 3.8) is 0 Å². The zero-order chi connectivity index (χ0) is 13.4. The zero-order valence-corrected chi connectivity index (χ0v) is 11.7. The number of aliphatic hydroxyl groups excluding tert-OH is 1. The molecule has 0 spiro atoms. The smallest absolute Gasteiger partial charge is 0.336 e. The van der Waals surface area contributed by atoms with Gasteiger partial charge in [-0.05, 0) is 19.8 Å². The van der Waals surface area contributed by atoms with Gasteiger partial charge in [0.25, 0.3) is 0 Å². The summed E-state index contributed by atoms with van der Waals surface area (Å²) in [5, 5.41) is 9.71. The zero-order valence-electron chi connectivity index (χ0n) is 11.7. The molecule has 0 bridgehead atoms. The van der Waals surface area contributed by atoms with Gasteiger partial charge in [0.1, 0.15) is 12.2 Å². The number of cyclic esters (lactones) is 1. The summed E-state index contributed by atoms with van der Waals surface area (Å²) < 4.78 is 4.95. The van der Waals surface area contributed by atoms with Crippen molar-refractivity contribution in [2.24, 2.45) is 0 Å². The Bertz CT molecular complexity index is 283. The molecule has 2 unspecified atom stereocenters.